The van der Waals surface area contributed by atoms with E-state index in [1.807, 2.05) is 0 Å². The van der Waals surface area contributed by atoms with Gasteiger partial charge in [0.05, 0.1) is 18.1 Å². The zero-order chi connectivity index (χ0) is 15.2. The average Bonchev–Trinajstić information content (AvgIpc) is 2.87. The van der Waals surface area contributed by atoms with Crippen LogP contribution in [0.15, 0.2) is 18.5 Å². The van der Waals surface area contributed by atoms with Gasteiger partial charge in [0.25, 0.3) is 6.43 Å². The molecule has 0 atom stereocenters. The Kier molecular flexibility index (Phi) is 5.12. The minimum atomic E-state index is -2.58. The molecule has 0 aliphatic carbocycles. The summed E-state index contributed by atoms with van der Waals surface area (Å²) in [6, 6.07) is 1.76. The second-order valence-corrected chi connectivity index (χ2v) is 4.29. The lowest BCUT2D eigenvalue weighted by Gasteiger charge is -2.06. The van der Waals surface area contributed by atoms with Gasteiger partial charge in [-0.3, -0.25) is 4.79 Å². The molecule has 0 spiro atoms. The summed E-state index contributed by atoms with van der Waals surface area (Å²) >= 11 is 0. The number of halogens is 2. The number of nitrogens with two attached hydrogens (primary N) is 1. The molecule has 1 amide bonds. The SMILES string of the molecule is NCc1cn2ncc(CNC(=O)COCC(F)F)cc2n1. The highest BCUT2D eigenvalue weighted by molar-refractivity contribution is 5.77. The standard InChI is InChI=1S/C12H15F2N5O2/c13-10(14)6-21-7-12(20)16-3-8-1-11-18-9(2-15)5-19(11)17-4-8/h1,4-5,10H,2-3,6-7,15H2,(H,16,20). The van der Waals surface area contributed by atoms with E-state index in [9.17, 15) is 13.6 Å². The van der Waals surface area contributed by atoms with Crippen LogP contribution >= 0.6 is 0 Å². The summed E-state index contributed by atoms with van der Waals surface area (Å²) in [7, 11) is 0. The van der Waals surface area contributed by atoms with Gasteiger partial charge in [-0.25, -0.2) is 18.3 Å². The average molecular weight is 299 g/mol. The molecule has 0 saturated heterocycles. The predicted molar refractivity (Wildman–Crippen MR) is 69.5 cm³/mol. The van der Waals surface area contributed by atoms with E-state index in [0.717, 1.165) is 5.56 Å². The second-order valence-electron chi connectivity index (χ2n) is 4.29. The molecule has 7 nitrogen and oxygen atoms in total. The first kappa shape index (κ1) is 15.3. The first-order valence-corrected chi connectivity index (χ1v) is 6.24. The third kappa shape index (κ3) is 4.43. The first-order chi connectivity index (χ1) is 10.1. The molecule has 21 heavy (non-hydrogen) atoms. The molecule has 0 radical (unpaired) electrons. The Bertz CT molecular complexity index is 617. The molecule has 9 heteroatoms. The number of ether oxygens (including phenoxy) is 1. The summed E-state index contributed by atoms with van der Waals surface area (Å²) in [5.41, 5.74) is 7.56. The zero-order valence-corrected chi connectivity index (χ0v) is 11.1. The lowest BCUT2D eigenvalue weighted by molar-refractivity contribution is -0.127. The molecule has 2 aromatic rings. The molecule has 114 valence electrons. The van der Waals surface area contributed by atoms with E-state index in [1.165, 1.54) is 0 Å². The number of hydrogen-bond donors (Lipinski definition) is 2. The van der Waals surface area contributed by atoms with Crippen LogP contribution in [0.5, 0.6) is 0 Å². The van der Waals surface area contributed by atoms with Gasteiger partial charge in [-0.15, -0.1) is 0 Å². The van der Waals surface area contributed by atoms with E-state index in [1.54, 1.807) is 23.0 Å². The van der Waals surface area contributed by atoms with Gasteiger partial charge in [-0.2, -0.15) is 5.10 Å². The largest absolute Gasteiger partial charge is 0.366 e. The quantitative estimate of drug-likeness (QED) is 0.755. The fourth-order valence-corrected chi connectivity index (χ4v) is 1.65. The van der Waals surface area contributed by atoms with E-state index in [2.05, 4.69) is 20.1 Å². The summed E-state index contributed by atoms with van der Waals surface area (Å²) in [6.45, 7) is -0.625. The Morgan fingerprint density at radius 3 is 3.05 bits per heavy atom. The maximum absolute atomic E-state index is 11.8. The van der Waals surface area contributed by atoms with Crippen LogP contribution in [0.4, 0.5) is 8.78 Å². The molecule has 2 heterocycles. The smallest absolute Gasteiger partial charge is 0.261 e. The fraction of sp³-hybridized carbons (Fsp3) is 0.417. The van der Waals surface area contributed by atoms with Crippen molar-refractivity contribution in [3.63, 3.8) is 0 Å². The van der Waals surface area contributed by atoms with Crippen molar-refractivity contribution in [1.29, 1.82) is 0 Å². The van der Waals surface area contributed by atoms with Crippen molar-refractivity contribution in [3.05, 3.63) is 29.7 Å². The molecule has 0 aromatic carbocycles. The van der Waals surface area contributed by atoms with Crippen LogP contribution in [0.1, 0.15) is 11.3 Å². The van der Waals surface area contributed by atoms with Gasteiger partial charge >= 0.3 is 0 Å². The molecule has 2 rings (SSSR count). The van der Waals surface area contributed by atoms with Crippen LogP contribution in [0.25, 0.3) is 5.65 Å². The van der Waals surface area contributed by atoms with Gasteiger partial charge in [-0.05, 0) is 11.6 Å². The highest BCUT2D eigenvalue weighted by Crippen LogP contribution is 2.05. The number of nitrogens with zero attached hydrogens (tertiary/aromatic N) is 3. The maximum Gasteiger partial charge on any atom is 0.261 e. The molecular weight excluding hydrogens is 284 g/mol. The fourth-order valence-electron chi connectivity index (χ4n) is 1.65. The summed E-state index contributed by atoms with van der Waals surface area (Å²) in [4.78, 5) is 15.6. The maximum atomic E-state index is 11.8. The highest BCUT2D eigenvalue weighted by Gasteiger charge is 2.07. The van der Waals surface area contributed by atoms with E-state index >= 15 is 0 Å². The topological polar surface area (TPSA) is 94.5 Å². The van der Waals surface area contributed by atoms with Crippen molar-refractivity contribution in [2.75, 3.05) is 13.2 Å². The molecule has 0 aliphatic rings. The minimum absolute atomic E-state index is 0.213. The Morgan fingerprint density at radius 1 is 1.52 bits per heavy atom. The number of carbonyl (C=O) groups is 1. The molecule has 3 N–H and O–H groups in total. The van der Waals surface area contributed by atoms with Crippen LogP contribution < -0.4 is 11.1 Å². The molecule has 0 fully saturated rings. The normalized spacial score (nSPS) is 11.2. The lowest BCUT2D eigenvalue weighted by atomic mass is 10.3. The predicted octanol–water partition coefficient (Wildman–Crippen LogP) is 0.0859. The van der Waals surface area contributed by atoms with Crippen LogP contribution in [0, 0.1) is 0 Å². The Hall–Kier alpha value is -2.13. The third-order valence-electron chi connectivity index (χ3n) is 2.60. The van der Waals surface area contributed by atoms with Crippen LogP contribution in [-0.2, 0) is 22.6 Å². The van der Waals surface area contributed by atoms with Crippen LogP contribution in [-0.4, -0.2) is 40.1 Å². The number of fused-ring (bicyclic) bond motifs is 1. The van der Waals surface area contributed by atoms with Gasteiger partial charge in [0.1, 0.15) is 13.2 Å². The molecule has 2 aromatic heterocycles. The van der Waals surface area contributed by atoms with Crippen molar-refractivity contribution in [3.8, 4) is 0 Å². The zero-order valence-electron chi connectivity index (χ0n) is 11.1. The number of carbonyl (C=O) groups excluding carboxylic acids is 1. The van der Waals surface area contributed by atoms with E-state index in [-0.39, 0.29) is 6.54 Å². The number of aromatic nitrogens is 3. The summed E-state index contributed by atoms with van der Waals surface area (Å²) in [6.07, 6.45) is 0.715. The Balaban J connectivity index is 1.86. The lowest BCUT2D eigenvalue weighted by Crippen LogP contribution is -2.28. The monoisotopic (exact) mass is 299 g/mol. The highest BCUT2D eigenvalue weighted by atomic mass is 19.3. The number of hydrogen-bond acceptors (Lipinski definition) is 5. The molecule has 0 aliphatic heterocycles. The van der Waals surface area contributed by atoms with Gasteiger partial charge < -0.3 is 15.8 Å². The Labute approximate surface area is 119 Å². The van der Waals surface area contributed by atoms with Crippen LogP contribution in [0.2, 0.25) is 0 Å². The van der Waals surface area contributed by atoms with Crippen molar-refractivity contribution in [2.24, 2.45) is 5.73 Å². The Morgan fingerprint density at radius 2 is 2.33 bits per heavy atom. The van der Waals surface area contributed by atoms with E-state index < -0.39 is 25.5 Å². The van der Waals surface area contributed by atoms with Gasteiger partial charge in [-0.1, -0.05) is 0 Å². The van der Waals surface area contributed by atoms with Gasteiger partial charge in [0, 0.05) is 13.1 Å². The van der Waals surface area contributed by atoms with Crippen LogP contribution in [0.3, 0.4) is 0 Å². The van der Waals surface area contributed by atoms with E-state index in [0.29, 0.717) is 17.9 Å². The molecular formula is C12H15F2N5O2. The molecule has 0 saturated carbocycles. The molecule has 0 bridgehead atoms. The van der Waals surface area contributed by atoms with Crippen molar-refractivity contribution in [1.82, 2.24) is 19.9 Å². The van der Waals surface area contributed by atoms with Gasteiger partial charge in [0.15, 0.2) is 5.65 Å². The number of amides is 1. The number of imidazole rings is 1. The van der Waals surface area contributed by atoms with Gasteiger partial charge in [0.2, 0.25) is 5.91 Å². The number of rotatable bonds is 7. The number of alkyl halides is 2. The molecule has 0 unspecified atom stereocenters. The summed E-state index contributed by atoms with van der Waals surface area (Å²) < 4.78 is 29.8. The van der Waals surface area contributed by atoms with Crippen molar-refractivity contribution in [2.45, 2.75) is 19.5 Å². The van der Waals surface area contributed by atoms with Crippen molar-refractivity contribution >= 4 is 11.6 Å². The minimum Gasteiger partial charge on any atom is -0.366 e. The first-order valence-electron chi connectivity index (χ1n) is 6.24. The third-order valence-corrected chi connectivity index (χ3v) is 2.60. The second kappa shape index (κ2) is 7.04. The summed E-state index contributed by atoms with van der Waals surface area (Å²) in [5, 5.41) is 6.68. The number of nitrogens with one attached hydrogen (secondary N) is 1. The summed E-state index contributed by atoms with van der Waals surface area (Å²) in [5.74, 6) is -0.471. The van der Waals surface area contributed by atoms with E-state index in [4.69, 9.17) is 5.73 Å². The van der Waals surface area contributed by atoms with Crippen molar-refractivity contribution < 1.29 is 18.3 Å².